The molecule has 0 spiro atoms. The van der Waals surface area contributed by atoms with E-state index in [2.05, 4.69) is 15.3 Å². The second kappa shape index (κ2) is 5.89. The Bertz CT molecular complexity index is 516. The molecule has 0 radical (unpaired) electrons. The van der Waals surface area contributed by atoms with Crippen LogP contribution < -0.4 is 5.32 Å². The number of nitrogens with one attached hydrogen (secondary N) is 1. The molecule has 0 aliphatic carbocycles. The zero-order valence-electron chi connectivity index (χ0n) is 9.90. The average Bonchev–Trinajstić information content (AvgIpc) is 2.38. The maximum atomic E-state index is 13.5. The Labute approximate surface area is 110 Å². The van der Waals surface area contributed by atoms with Crippen molar-refractivity contribution in [3.63, 3.8) is 0 Å². The van der Waals surface area contributed by atoms with Gasteiger partial charge < -0.3 is 5.32 Å². The second-order valence-electron chi connectivity index (χ2n) is 3.94. The average molecular weight is 266 g/mol. The Balaban J connectivity index is 1.98. The molecule has 94 valence electrons. The number of halogens is 2. The fourth-order valence-electron chi connectivity index (χ4n) is 1.58. The molecule has 0 saturated heterocycles. The van der Waals surface area contributed by atoms with Gasteiger partial charge in [-0.3, -0.25) is 9.97 Å². The molecule has 0 aliphatic rings. The first-order chi connectivity index (χ1) is 8.66. The molecule has 1 unspecified atom stereocenters. The summed E-state index contributed by atoms with van der Waals surface area (Å²) < 4.78 is 13.5. The highest BCUT2D eigenvalue weighted by Gasteiger charge is 2.11. The molecule has 2 heterocycles. The summed E-state index contributed by atoms with van der Waals surface area (Å²) in [6.45, 7) is 2.40. The summed E-state index contributed by atoms with van der Waals surface area (Å²) in [4.78, 5) is 8.18. The minimum absolute atomic E-state index is 0.177. The first-order valence-corrected chi connectivity index (χ1v) is 5.99. The molecule has 18 heavy (non-hydrogen) atoms. The highest BCUT2D eigenvalue weighted by molar-refractivity contribution is 6.30. The van der Waals surface area contributed by atoms with Gasteiger partial charge in [-0.1, -0.05) is 11.6 Å². The van der Waals surface area contributed by atoms with Crippen LogP contribution >= 0.6 is 11.6 Å². The number of pyridine rings is 2. The van der Waals surface area contributed by atoms with Crippen LogP contribution in [0.25, 0.3) is 0 Å². The van der Waals surface area contributed by atoms with Crippen LogP contribution in [0.1, 0.15) is 24.4 Å². The van der Waals surface area contributed by atoms with Gasteiger partial charge in [0.25, 0.3) is 0 Å². The van der Waals surface area contributed by atoms with Crippen molar-refractivity contribution in [3.05, 3.63) is 58.9 Å². The van der Waals surface area contributed by atoms with Gasteiger partial charge >= 0.3 is 0 Å². The summed E-state index contributed by atoms with van der Waals surface area (Å²) >= 11 is 5.75. The Morgan fingerprint density at radius 2 is 2.17 bits per heavy atom. The van der Waals surface area contributed by atoms with Gasteiger partial charge in [-0.25, -0.2) is 4.39 Å². The summed E-state index contributed by atoms with van der Waals surface area (Å²) in [5, 5.41) is 3.77. The van der Waals surface area contributed by atoms with Gasteiger partial charge in [0.2, 0.25) is 0 Å². The third kappa shape index (κ3) is 3.24. The molecule has 3 nitrogen and oxygen atoms in total. The summed E-state index contributed by atoms with van der Waals surface area (Å²) in [6.07, 6.45) is 3.17. The summed E-state index contributed by atoms with van der Waals surface area (Å²) in [5.41, 5.74) is 1.26. The normalized spacial score (nSPS) is 12.4. The fraction of sp³-hybridized carbons (Fsp3) is 0.231. The van der Waals surface area contributed by atoms with Gasteiger partial charge in [0, 0.05) is 25.0 Å². The van der Waals surface area contributed by atoms with Crippen LogP contribution in [0.15, 0.2) is 36.7 Å². The maximum absolute atomic E-state index is 13.5. The van der Waals surface area contributed by atoms with Crippen molar-refractivity contribution >= 4 is 11.6 Å². The van der Waals surface area contributed by atoms with Crippen LogP contribution in [0.4, 0.5) is 4.39 Å². The van der Waals surface area contributed by atoms with Gasteiger partial charge in [0.05, 0.1) is 16.4 Å². The van der Waals surface area contributed by atoms with E-state index in [-0.39, 0.29) is 11.9 Å². The number of hydrogen-bond donors (Lipinski definition) is 1. The minimum atomic E-state index is -0.304. The third-order valence-corrected chi connectivity index (χ3v) is 2.80. The van der Waals surface area contributed by atoms with E-state index in [0.29, 0.717) is 17.3 Å². The highest BCUT2D eigenvalue weighted by Crippen LogP contribution is 2.14. The van der Waals surface area contributed by atoms with E-state index in [1.165, 1.54) is 6.07 Å². The lowest BCUT2D eigenvalue weighted by molar-refractivity contribution is 0.509. The first kappa shape index (κ1) is 12.9. The van der Waals surface area contributed by atoms with Crippen LogP contribution in [0.5, 0.6) is 0 Å². The predicted molar refractivity (Wildman–Crippen MR) is 68.7 cm³/mol. The van der Waals surface area contributed by atoms with Gasteiger partial charge in [-0.15, -0.1) is 0 Å². The Hall–Kier alpha value is -1.52. The largest absolute Gasteiger partial charge is 0.303 e. The van der Waals surface area contributed by atoms with Crippen LogP contribution in [-0.4, -0.2) is 9.97 Å². The minimum Gasteiger partial charge on any atom is -0.303 e. The van der Waals surface area contributed by atoms with E-state index < -0.39 is 0 Å². The molecule has 2 aromatic heterocycles. The molecule has 0 aliphatic heterocycles. The van der Waals surface area contributed by atoms with Crippen molar-refractivity contribution in [3.8, 4) is 0 Å². The third-order valence-electron chi connectivity index (χ3n) is 2.58. The van der Waals surface area contributed by atoms with Crippen molar-refractivity contribution < 1.29 is 4.39 Å². The topological polar surface area (TPSA) is 37.8 Å². The highest BCUT2D eigenvalue weighted by atomic mass is 35.5. The zero-order valence-corrected chi connectivity index (χ0v) is 10.7. The van der Waals surface area contributed by atoms with Crippen LogP contribution in [0, 0.1) is 5.82 Å². The van der Waals surface area contributed by atoms with Crippen molar-refractivity contribution in [2.45, 2.75) is 19.5 Å². The molecule has 1 atom stereocenters. The fourth-order valence-corrected chi connectivity index (χ4v) is 1.69. The zero-order chi connectivity index (χ0) is 13.0. The summed E-state index contributed by atoms with van der Waals surface area (Å²) in [6, 6.07) is 6.41. The van der Waals surface area contributed by atoms with Crippen molar-refractivity contribution in [2.24, 2.45) is 0 Å². The van der Waals surface area contributed by atoms with E-state index in [1.54, 1.807) is 24.5 Å². The number of rotatable bonds is 4. The molecule has 2 rings (SSSR count). The molecule has 0 bridgehead atoms. The molecule has 0 aromatic carbocycles. The molecular weight excluding hydrogens is 253 g/mol. The maximum Gasteiger partial charge on any atom is 0.146 e. The SMILES string of the molecule is CC(NCc1ccc(Cl)cn1)c1ncccc1F. The molecule has 0 amide bonds. The quantitative estimate of drug-likeness (QED) is 0.923. The van der Waals surface area contributed by atoms with E-state index in [0.717, 1.165) is 5.69 Å². The predicted octanol–water partition coefficient (Wildman–Crippen LogP) is 3.12. The van der Waals surface area contributed by atoms with Crippen molar-refractivity contribution in [1.29, 1.82) is 0 Å². The van der Waals surface area contributed by atoms with E-state index in [1.807, 2.05) is 13.0 Å². The van der Waals surface area contributed by atoms with Crippen molar-refractivity contribution in [2.75, 3.05) is 0 Å². The molecule has 0 fully saturated rings. The lowest BCUT2D eigenvalue weighted by Gasteiger charge is -2.13. The van der Waals surface area contributed by atoms with Crippen LogP contribution in [-0.2, 0) is 6.54 Å². The number of hydrogen-bond acceptors (Lipinski definition) is 3. The van der Waals surface area contributed by atoms with E-state index in [9.17, 15) is 4.39 Å². The summed E-state index contributed by atoms with van der Waals surface area (Å²) in [5.74, 6) is -0.304. The molecule has 5 heteroatoms. The van der Waals surface area contributed by atoms with Gasteiger partial charge in [0.1, 0.15) is 5.82 Å². The Morgan fingerprint density at radius 1 is 1.33 bits per heavy atom. The molecule has 1 N–H and O–H groups in total. The Morgan fingerprint density at radius 3 is 2.83 bits per heavy atom. The lowest BCUT2D eigenvalue weighted by Crippen LogP contribution is -2.20. The number of nitrogens with zero attached hydrogens (tertiary/aromatic N) is 2. The first-order valence-electron chi connectivity index (χ1n) is 5.61. The molecular formula is C13H13ClFN3. The summed E-state index contributed by atoms with van der Waals surface area (Å²) in [7, 11) is 0. The molecule has 2 aromatic rings. The van der Waals surface area contributed by atoms with E-state index in [4.69, 9.17) is 11.6 Å². The molecule has 0 saturated carbocycles. The van der Waals surface area contributed by atoms with Crippen LogP contribution in [0.3, 0.4) is 0 Å². The smallest absolute Gasteiger partial charge is 0.146 e. The van der Waals surface area contributed by atoms with Gasteiger partial charge in [-0.05, 0) is 31.2 Å². The lowest BCUT2D eigenvalue weighted by atomic mass is 10.2. The van der Waals surface area contributed by atoms with Gasteiger partial charge in [0.15, 0.2) is 0 Å². The number of aromatic nitrogens is 2. The Kier molecular flexibility index (Phi) is 4.23. The monoisotopic (exact) mass is 265 g/mol. The second-order valence-corrected chi connectivity index (χ2v) is 4.38. The standard InChI is InChI=1S/C13H13ClFN3/c1-9(13-12(15)3-2-6-16-13)17-8-11-5-4-10(14)7-18-11/h2-7,9,17H,8H2,1H3. The van der Waals surface area contributed by atoms with Crippen LogP contribution in [0.2, 0.25) is 5.02 Å². The van der Waals surface area contributed by atoms with Gasteiger partial charge in [-0.2, -0.15) is 0 Å². The van der Waals surface area contributed by atoms with Crippen molar-refractivity contribution in [1.82, 2.24) is 15.3 Å². The van der Waals surface area contributed by atoms with E-state index >= 15 is 0 Å².